The maximum absolute atomic E-state index is 14.0. The standard InChI is InChI=1S/C28H36O4/c1-19(2)12-15-28(16-13-20(3)4)17-14-23(29)25(27(28)30)26(31-7)22-10-8-9-11-24(22)32-18-21(5)6/h8-13H,5,14-18H2,1-4,6-7H3/b26-25+. The van der Waals surface area contributed by atoms with Crippen molar-refractivity contribution < 1.29 is 19.1 Å². The van der Waals surface area contributed by atoms with Crippen LogP contribution >= 0.6 is 0 Å². The number of hydrogen-bond donors (Lipinski definition) is 0. The number of para-hydroxylation sites is 1. The van der Waals surface area contributed by atoms with Gasteiger partial charge in [-0.25, -0.2) is 0 Å². The Morgan fingerprint density at radius 1 is 1.03 bits per heavy atom. The van der Waals surface area contributed by atoms with E-state index in [0.717, 1.165) is 16.7 Å². The molecule has 0 bridgehead atoms. The third-order valence-corrected chi connectivity index (χ3v) is 5.66. The third-order valence-electron chi connectivity index (χ3n) is 5.66. The molecule has 0 aromatic heterocycles. The van der Waals surface area contributed by atoms with Gasteiger partial charge in [-0.05, 0) is 71.6 Å². The SMILES string of the molecule is C=C(C)COc1ccccc1/C(OC)=C1/C(=O)CCC(CC=C(C)C)(CC=C(C)C)C1=O. The first kappa shape index (κ1) is 25.4. The van der Waals surface area contributed by atoms with Crippen molar-refractivity contribution in [2.75, 3.05) is 13.7 Å². The van der Waals surface area contributed by atoms with Gasteiger partial charge in [-0.15, -0.1) is 0 Å². The summed E-state index contributed by atoms with van der Waals surface area (Å²) in [5.74, 6) is 0.530. The number of Topliss-reactive ketones (excluding diaryl/α,β-unsaturated/α-hetero) is 2. The molecule has 1 saturated carbocycles. The number of rotatable bonds is 9. The molecular formula is C28H36O4. The molecule has 1 fully saturated rings. The van der Waals surface area contributed by atoms with E-state index < -0.39 is 5.41 Å². The Bertz CT molecular complexity index is 947. The van der Waals surface area contributed by atoms with Crippen molar-refractivity contribution in [1.29, 1.82) is 0 Å². The zero-order chi connectivity index (χ0) is 23.9. The maximum Gasteiger partial charge on any atom is 0.176 e. The van der Waals surface area contributed by atoms with Gasteiger partial charge >= 0.3 is 0 Å². The summed E-state index contributed by atoms with van der Waals surface area (Å²) in [6, 6.07) is 7.34. The van der Waals surface area contributed by atoms with Crippen molar-refractivity contribution in [3.63, 3.8) is 0 Å². The largest absolute Gasteiger partial charge is 0.495 e. The summed E-state index contributed by atoms with van der Waals surface area (Å²) in [5.41, 5.74) is 3.28. The number of methoxy groups -OCH3 is 1. The highest BCUT2D eigenvalue weighted by molar-refractivity contribution is 6.28. The molecule has 1 aliphatic carbocycles. The lowest BCUT2D eigenvalue weighted by Gasteiger charge is -2.36. The van der Waals surface area contributed by atoms with Gasteiger partial charge < -0.3 is 9.47 Å². The van der Waals surface area contributed by atoms with E-state index in [1.165, 1.54) is 7.11 Å². The minimum Gasteiger partial charge on any atom is -0.495 e. The van der Waals surface area contributed by atoms with Crippen LogP contribution in [0.4, 0.5) is 0 Å². The molecule has 0 saturated heterocycles. The van der Waals surface area contributed by atoms with Crippen molar-refractivity contribution in [2.24, 2.45) is 5.41 Å². The molecule has 0 heterocycles. The lowest BCUT2D eigenvalue weighted by molar-refractivity contribution is -0.131. The highest BCUT2D eigenvalue weighted by atomic mass is 16.5. The van der Waals surface area contributed by atoms with Crippen LogP contribution in [0.5, 0.6) is 5.75 Å². The van der Waals surface area contributed by atoms with E-state index in [2.05, 4.69) is 18.7 Å². The summed E-state index contributed by atoms with van der Waals surface area (Å²) in [6.07, 6.45) is 6.24. The highest BCUT2D eigenvalue weighted by Gasteiger charge is 2.46. The second kappa shape index (κ2) is 11.1. The van der Waals surface area contributed by atoms with E-state index in [0.29, 0.717) is 43.6 Å². The quantitative estimate of drug-likeness (QED) is 0.189. The molecule has 0 unspecified atom stereocenters. The molecule has 0 spiro atoms. The topological polar surface area (TPSA) is 52.6 Å². The fraction of sp³-hybridized carbons (Fsp3) is 0.429. The van der Waals surface area contributed by atoms with E-state index in [9.17, 15) is 9.59 Å². The van der Waals surface area contributed by atoms with E-state index in [1.54, 1.807) is 0 Å². The van der Waals surface area contributed by atoms with E-state index in [4.69, 9.17) is 9.47 Å². The molecule has 1 aliphatic rings. The summed E-state index contributed by atoms with van der Waals surface area (Å²) in [7, 11) is 1.50. The van der Waals surface area contributed by atoms with Crippen LogP contribution in [0.25, 0.3) is 5.76 Å². The summed E-state index contributed by atoms with van der Waals surface area (Å²) >= 11 is 0. The normalized spacial score (nSPS) is 16.8. The maximum atomic E-state index is 14.0. The Morgan fingerprint density at radius 3 is 2.16 bits per heavy atom. The monoisotopic (exact) mass is 436 g/mol. The number of benzene rings is 1. The number of carbonyl (C=O) groups is 2. The van der Waals surface area contributed by atoms with Crippen LogP contribution in [0.2, 0.25) is 0 Å². The van der Waals surface area contributed by atoms with Gasteiger partial charge in [0.05, 0.1) is 12.7 Å². The Labute approximate surface area is 192 Å². The Hall–Kier alpha value is -2.88. The van der Waals surface area contributed by atoms with Crippen molar-refractivity contribution in [3.8, 4) is 5.75 Å². The number of ketones is 2. The first-order valence-corrected chi connectivity index (χ1v) is 11.1. The molecule has 4 heteroatoms. The van der Waals surface area contributed by atoms with E-state index in [1.807, 2.05) is 58.9 Å². The Kier molecular flexibility index (Phi) is 8.82. The molecule has 0 aliphatic heterocycles. The van der Waals surface area contributed by atoms with Gasteiger partial charge in [0, 0.05) is 11.8 Å². The van der Waals surface area contributed by atoms with Crippen LogP contribution in [0, 0.1) is 5.41 Å². The molecule has 0 atom stereocenters. The molecule has 0 radical (unpaired) electrons. The van der Waals surface area contributed by atoms with Crippen LogP contribution in [-0.4, -0.2) is 25.3 Å². The minimum absolute atomic E-state index is 0.143. The van der Waals surface area contributed by atoms with Crippen LogP contribution in [0.15, 0.2) is 65.3 Å². The van der Waals surface area contributed by atoms with E-state index >= 15 is 0 Å². The number of allylic oxidation sites excluding steroid dienone is 5. The summed E-state index contributed by atoms with van der Waals surface area (Å²) in [4.78, 5) is 27.0. The van der Waals surface area contributed by atoms with Crippen LogP contribution in [-0.2, 0) is 14.3 Å². The number of carbonyl (C=O) groups excluding carboxylic acids is 2. The van der Waals surface area contributed by atoms with Gasteiger partial charge in [-0.1, -0.05) is 42.0 Å². The number of ether oxygens (including phenoxy) is 2. The first-order chi connectivity index (χ1) is 15.1. The van der Waals surface area contributed by atoms with Gasteiger partial charge in [-0.2, -0.15) is 0 Å². The van der Waals surface area contributed by atoms with Crippen molar-refractivity contribution in [1.82, 2.24) is 0 Å². The van der Waals surface area contributed by atoms with Gasteiger partial charge in [0.15, 0.2) is 11.6 Å². The second-order valence-electron chi connectivity index (χ2n) is 9.15. The molecule has 0 N–H and O–H groups in total. The van der Waals surface area contributed by atoms with Gasteiger partial charge in [-0.3, -0.25) is 9.59 Å². The molecule has 2 rings (SSSR count). The minimum atomic E-state index is -0.658. The van der Waals surface area contributed by atoms with Crippen LogP contribution in [0.3, 0.4) is 0 Å². The average Bonchev–Trinajstić information content (AvgIpc) is 2.74. The van der Waals surface area contributed by atoms with E-state index in [-0.39, 0.29) is 22.9 Å². The number of hydrogen-bond acceptors (Lipinski definition) is 4. The Balaban J connectivity index is 2.65. The predicted octanol–water partition coefficient (Wildman–Crippen LogP) is 6.63. The molecular weight excluding hydrogens is 400 g/mol. The fourth-order valence-corrected chi connectivity index (χ4v) is 3.81. The van der Waals surface area contributed by atoms with Gasteiger partial charge in [0.1, 0.15) is 23.7 Å². The smallest absolute Gasteiger partial charge is 0.176 e. The van der Waals surface area contributed by atoms with Crippen LogP contribution < -0.4 is 4.74 Å². The summed E-state index contributed by atoms with van der Waals surface area (Å²) in [5, 5.41) is 0. The van der Waals surface area contributed by atoms with Gasteiger partial charge in [0.2, 0.25) is 0 Å². The zero-order valence-corrected chi connectivity index (χ0v) is 20.3. The average molecular weight is 437 g/mol. The lowest BCUT2D eigenvalue weighted by Crippen LogP contribution is -2.39. The molecule has 1 aromatic rings. The summed E-state index contributed by atoms with van der Waals surface area (Å²) < 4.78 is 11.6. The molecule has 0 amide bonds. The third kappa shape index (κ3) is 6.09. The van der Waals surface area contributed by atoms with Crippen LogP contribution in [0.1, 0.15) is 65.9 Å². The molecule has 1 aromatic carbocycles. The van der Waals surface area contributed by atoms with Crippen molar-refractivity contribution in [3.05, 3.63) is 70.9 Å². The fourth-order valence-electron chi connectivity index (χ4n) is 3.81. The predicted molar refractivity (Wildman–Crippen MR) is 130 cm³/mol. The second-order valence-corrected chi connectivity index (χ2v) is 9.15. The summed E-state index contributed by atoms with van der Waals surface area (Å²) in [6.45, 7) is 14.2. The zero-order valence-electron chi connectivity index (χ0n) is 20.3. The molecule has 172 valence electrons. The lowest BCUT2D eigenvalue weighted by atomic mass is 9.65. The highest BCUT2D eigenvalue weighted by Crippen LogP contribution is 2.44. The molecule has 32 heavy (non-hydrogen) atoms. The van der Waals surface area contributed by atoms with Gasteiger partial charge in [0.25, 0.3) is 0 Å². The molecule has 4 nitrogen and oxygen atoms in total. The first-order valence-electron chi connectivity index (χ1n) is 11.1. The van der Waals surface area contributed by atoms with Crippen molar-refractivity contribution >= 4 is 17.3 Å². The van der Waals surface area contributed by atoms with Crippen molar-refractivity contribution in [2.45, 2.75) is 60.3 Å². The Morgan fingerprint density at radius 2 is 1.62 bits per heavy atom.